The normalized spacial score (nSPS) is 17.6. The lowest BCUT2D eigenvalue weighted by molar-refractivity contribution is 0.134. The van der Waals surface area contributed by atoms with E-state index >= 15 is 0 Å². The summed E-state index contributed by atoms with van der Waals surface area (Å²) in [6.45, 7) is 3.73. The molecule has 5 heteroatoms. The van der Waals surface area contributed by atoms with Crippen LogP contribution in [-0.2, 0) is 0 Å². The van der Waals surface area contributed by atoms with Crippen LogP contribution >= 0.6 is 0 Å². The van der Waals surface area contributed by atoms with Crippen LogP contribution in [0, 0.1) is 17.6 Å². The summed E-state index contributed by atoms with van der Waals surface area (Å²) < 4.78 is 26.0. The number of hydrogen-bond acceptors (Lipinski definition) is 3. The van der Waals surface area contributed by atoms with Gasteiger partial charge in [-0.25, -0.2) is 8.78 Å². The SMILES string of the molecule is OCC1CCN(CCNc2cc(F)cc(F)c2)CC1. The highest BCUT2D eigenvalue weighted by Crippen LogP contribution is 2.16. The van der Waals surface area contributed by atoms with Crippen LogP contribution < -0.4 is 5.32 Å². The average molecular weight is 270 g/mol. The molecule has 0 aliphatic carbocycles. The standard InChI is InChI=1S/C14H20F2N2O/c15-12-7-13(16)9-14(8-12)17-3-6-18-4-1-11(10-19)2-5-18/h7-9,11,17,19H,1-6,10H2. The maximum absolute atomic E-state index is 13.0. The fourth-order valence-corrected chi connectivity index (χ4v) is 2.41. The molecule has 2 rings (SSSR count). The summed E-state index contributed by atoms with van der Waals surface area (Å²) in [7, 11) is 0. The number of halogens is 2. The van der Waals surface area contributed by atoms with Crippen molar-refractivity contribution in [2.24, 2.45) is 5.92 Å². The fourth-order valence-electron chi connectivity index (χ4n) is 2.41. The van der Waals surface area contributed by atoms with E-state index in [0.717, 1.165) is 38.5 Å². The van der Waals surface area contributed by atoms with E-state index < -0.39 is 11.6 Å². The molecule has 1 saturated heterocycles. The minimum absolute atomic E-state index is 0.272. The molecule has 1 heterocycles. The number of nitrogens with one attached hydrogen (secondary N) is 1. The molecule has 106 valence electrons. The van der Waals surface area contributed by atoms with Gasteiger partial charge in [0.25, 0.3) is 0 Å². The number of nitrogens with zero attached hydrogens (tertiary/aromatic N) is 1. The second-order valence-electron chi connectivity index (χ2n) is 5.05. The zero-order chi connectivity index (χ0) is 13.7. The van der Waals surface area contributed by atoms with Crippen LogP contribution in [0.2, 0.25) is 0 Å². The van der Waals surface area contributed by atoms with Crippen molar-refractivity contribution in [2.75, 3.05) is 38.1 Å². The maximum atomic E-state index is 13.0. The first kappa shape index (κ1) is 14.2. The molecule has 0 spiro atoms. The smallest absolute Gasteiger partial charge is 0.128 e. The molecule has 2 N–H and O–H groups in total. The van der Waals surface area contributed by atoms with E-state index in [-0.39, 0.29) is 6.61 Å². The predicted molar refractivity (Wildman–Crippen MR) is 71.1 cm³/mol. The van der Waals surface area contributed by atoms with Gasteiger partial charge < -0.3 is 15.3 Å². The molecule has 0 unspecified atom stereocenters. The molecular weight excluding hydrogens is 250 g/mol. The van der Waals surface area contributed by atoms with Crippen molar-refractivity contribution in [3.8, 4) is 0 Å². The Labute approximate surface area is 112 Å². The number of anilines is 1. The van der Waals surface area contributed by atoms with E-state index in [1.54, 1.807) is 0 Å². The van der Waals surface area contributed by atoms with Crippen molar-refractivity contribution in [1.82, 2.24) is 4.90 Å². The molecule has 0 saturated carbocycles. The van der Waals surface area contributed by atoms with Gasteiger partial charge in [0.05, 0.1) is 0 Å². The summed E-state index contributed by atoms with van der Waals surface area (Å²) in [5.74, 6) is -0.695. The molecule has 0 aromatic heterocycles. The van der Waals surface area contributed by atoms with E-state index in [1.165, 1.54) is 12.1 Å². The van der Waals surface area contributed by atoms with Crippen molar-refractivity contribution < 1.29 is 13.9 Å². The van der Waals surface area contributed by atoms with Gasteiger partial charge in [-0.2, -0.15) is 0 Å². The average Bonchev–Trinajstić information content (AvgIpc) is 2.38. The van der Waals surface area contributed by atoms with E-state index in [1.807, 2.05) is 0 Å². The van der Waals surface area contributed by atoms with Gasteiger partial charge in [0, 0.05) is 31.5 Å². The van der Waals surface area contributed by atoms with Crippen LogP contribution in [0.25, 0.3) is 0 Å². The Morgan fingerprint density at radius 1 is 1.16 bits per heavy atom. The molecule has 0 bridgehead atoms. The number of rotatable bonds is 5. The summed E-state index contributed by atoms with van der Waals surface area (Å²) in [5, 5.41) is 12.1. The molecule has 3 nitrogen and oxygen atoms in total. The second-order valence-corrected chi connectivity index (χ2v) is 5.05. The Hall–Kier alpha value is -1.20. The number of likely N-dealkylation sites (tertiary alicyclic amines) is 1. The lowest BCUT2D eigenvalue weighted by Crippen LogP contribution is -2.37. The Balaban J connectivity index is 1.72. The highest BCUT2D eigenvalue weighted by atomic mass is 19.1. The fraction of sp³-hybridized carbons (Fsp3) is 0.571. The quantitative estimate of drug-likeness (QED) is 0.860. The van der Waals surface area contributed by atoms with Crippen LogP contribution in [0.1, 0.15) is 12.8 Å². The third-order valence-corrected chi connectivity index (χ3v) is 3.59. The number of aliphatic hydroxyl groups is 1. The van der Waals surface area contributed by atoms with E-state index in [0.29, 0.717) is 18.2 Å². The van der Waals surface area contributed by atoms with Crippen molar-refractivity contribution >= 4 is 5.69 Å². The number of hydrogen-bond donors (Lipinski definition) is 2. The van der Waals surface area contributed by atoms with Crippen molar-refractivity contribution in [2.45, 2.75) is 12.8 Å². The molecule has 19 heavy (non-hydrogen) atoms. The molecule has 1 fully saturated rings. The van der Waals surface area contributed by atoms with Gasteiger partial charge in [0.1, 0.15) is 11.6 Å². The lowest BCUT2D eigenvalue weighted by Gasteiger charge is -2.31. The summed E-state index contributed by atoms with van der Waals surface area (Å²) >= 11 is 0. The lowest BCUT2D eigenvalue weighted by atomic mass is 9.98. The monoisotopic (exact) mass is 270 g/mol. The molecular formula is C14H20F2N2O. The predicted octanol–water partition coefficient (Wildman–Crippen LogP) is 2.08. The molecule has 1 aliphatic heterocycles. The van der Waals surface area contributed by atoms with Crippen LogP contribution in [0.3, 0.4) is 0 Å². The van der Waals surface area contributed by atoms with Crippen molar-refractivity contribution in [3.05, 3.63) is 29.8 Å². The summed E-state index contributed by atoms with van der Waals surface area (Å²) in [5.41, 5.74) is 0.475. The van der Waals surface area contributed by atoms with Gasteiger partial charge in [-0.05, 0) is 44.0 Å². The van der Waals surface area contributed by atoms with Crippen LogP contribution in [0.15, 0.2) is 18.2 Å². The van der Waals surface area contributed by atoms with Gasteiger partial charge in [-0.15, -0.1) is 0 Å². The zero-order valence-corrected chi connectivity index (χ0v) is 10.9. The topological polar surface area (TPSA) is 35.5 Å². The molecule has 1 aromatic rings. The molecule has 0 radical (unpaired) electrons. The van der Waals surface area contributed by atoms with Gasteiger partial charge in [-0.1, -0.05) is 0 Å². The second kappa shape index (κ2) is 6.82. The summed E-state index contributed by atoms with van der Waals surface area (Å²) in [6.07, 6.45) is 2.04. The number of piperidine rings is 1. The minimum atomic E-state index is -0.564. The summed E-state index contributed by atoms with van der Waals surface area (Å²) in [4.78, 5) is 2.30. The number of benzene rings is 1. The number of aliphatic hydroxyl groups excluding tert-OH is 1. The molecule has 1 aliphatic rings. The molecule has 1 aromatic carbocycles. The third kappa shape index (κ3) is 4.44. The van der Waals surface area contributed by atoms with Crippen LogP contribution in [0.4, 0.5) is 14.5 Å². The van der Waals surface area contributed by atoms with Crippen molar-refractivity contribution in [1.29, 1.82) is 0 Å². The van der Waals surface area contributed by atoms with Gasteiger partial charge in [0.15, 0.2) is 0 Å². The Morgan fingerprint density at radius 2 is 1.79 bits per heavy atom. The van der Waals surface area contributed by atoms with Crippen LogP contribution in [0.5, 0.6) is 0 Å². The van der Waals surface area contributed by atoms with Crippen LogP contribution in [-0.4, -0.2) is 42.8 Å². The first-order valence-corrected chi connectivity index (χ1v) is 6.70. The van der Waals surface area contributed by atoms with Gasteiger partial charge in [-0.3, -0.25) is 0 Å². The first-order chi connectivity index (χ1) is 9.17. The Morgan fingerprint density at radius 3 is 2.37 bits per heavy atom. The Bertz CT molecular complexity index is 386. The van der Waals surface area contributed by atoms with E-state index in [4.69, 9.17) is 5.11 Å². The maximum Gasteiger partial charge on any atom is 0.128 e. The molecule has 0 amide bonds. The minimum Gasteiger partial charge on any atom is -0.396 e. The first-order valence-electron chi connectivity index (χ1n) is 6.70. The highest BCUT2D eigenvalue weighted by molar-refractivity contribution is 5.43. The van der Waals surface area contributed by atoms with Crippen molar-refractivity contribution in [3.63, 3.8) is 0 Å². The van der Waals surface area contributed by atoms with E-state index in [2.05, 4.69) is 10.2 Å². The molecule has 0 atom stereocenters. The zero-order valence-electron chi connectivity index (χ0n) is 10.9. The summed E-state index contributed by atoms with van der Waals surface area (Å²) in [6, 6.07) is 3.45. The van der Waals surface area contributed by atoms with E-state index in [9.17, 15) is 8.78 Å². The largest absolute Gasteiger partial charge is 0.396 e. The van der Waals surface area contributed by atoms with Gasteiger partial charge in [0.2, 0.25) is 0 Å². The third-order valence-electron chi connectivity index (χ3n) is 3.59. The highest BCUT2D eigenvalue weighted by Gasteiger charge is 2.17. The van der Waals surface area contributed by atoms with Gasteiger partial charge >= 0.3 is 0 Å². The Kier molecular flexibility index (Phi) is 5.10.